The first-order chi connectivity index (χ1) is 9.65. The Morgan fingerprint density at radius 1 is 1.30 bits per heavy atom. The first-order valence-corrected chi connectivity index (χ1v) is 8.20. The Morgan fingerprint density at radius 3 is 2.65 bits per heavy atom. The maximum atomic E-state index is 10.6. The monoisotopic (exact) mass is 275 g/mol. The maximum Gasteiger partial charge on any atom is 0.138 e. The molecule has 3 aliphatic carbocycles. The predicted octanol–water partition coefficient (Wildman–Crippen LogP) is 2.13. The van der Waals surface area contributed by atoms with Gasteiger partial charge in [0, 0.05) is 13.0 Å². The van der Waals surface area contributed by atoms with Crippen molar-refractivity contribution in [3.63, 3.8) is 0 Å². The Labute approximate surface area is 120 Å². The van der Waals surface area contributed by atoms with Gasteiger partial charge in [0.25, 0.3) is 0 Å². The van der Waals surface area contributed by atoms with E-state index in [4.69, 9.17) is 0 Å². The molecule has 0 amide bonds. The number of hydrogen-bond donors (Lipinski definition) is 1. The predicted molar refractivity (Wildman–Crippen MR) is 75.9 cm³/mol. The molecule has 1 N–H and O–H groups in total. The standard InChI is InChI=1S/C16H25N3O/c1-9(2)7-19-13(17-8-18-19)6-12(20)16-14-10-3-4-11(5-10)15(14)16/h8-12,14-16,20H,3-7H2,1-2H3. The Morgan fingerprint density at radius 2 is 2.00 bits per heavy atom. The summed E-state index contributed by atoms with van der Waals surface area (Å²) in [4.78, 5) is 4.36. The highest BCUT2D eigenvalue weighted by Crippen LogP contribution is 2.70. The largest absolute Gasteiger partial charge is 0.392 e. The van der Waals surface area contributed by atoms with Gasteiger partial charge in [-0.05, 0) is 54.8 Å². The van der Waals surface area contributed by atoms with Gasteiger partial charge in [-0.1, -0.05) is 13.8 Å². The van der Waals surface area contributed by atoms with Crippen molar-refractivity contribution in [3.05, 3.63) is 12.2 Å². The fourth-order valence-corrected chi connectivity index (χ4v) is 5.17. The van der Waals surface area contributed by atoms with Crippen LogP contribution in [-0.4, -0.2) is 26.0 Å². The van der Waals surface area contributed by atoms with Crippen LogP contribution in [0.3, 0.4) is 0 Å². The van der Waals surface area contributed by atoms with E-state index in [0.29, 0.717) is 18.3 Å². The lowest BCUT2D eigenvalue weighted by Crippen LogP contribution is -2.22. The average Bonchev–Trinajstić information content (AvgIpc) is 2.74. The zero-order valence-electron chi connectivity index (χ0n) is 12.4. The van der Waals surface area contributed by atoms with Crippen LogP contribution in [0, 0.1) is 35.5 Å². The molecule has 4 rings (SSSR count). The number of rotatable bonds is 5. The van der Waals surface area contributed by atoms with Crippen LogP contribution in [0.5, 0.6) is 0 Å². The molecule has 1 aromatic rings. The topological polar surface area (TPSA) is 50.9 Å². The molecule has 0 spiro atoms. The molecular weight excluding hydrogens is 250 g/mol. The molecule has 3 fully saturated rings. The average molecular weight is 275 g/mol. The van der Waals surface area contributed by atoms with E-state index in [1.54, 1.807) is 6.33 Å². The third-order valence-electron chi connectivity index (χ3n) is 5.86. The highest BCUT2D eigenvalue weighted by atomic mass is 16.3. The van der Waals surface area contributed by atoms with Crippen molar-refractivity contribution in [2.45, 2.75) is 52.2 Å². The van der Waals surface area contributed by atoms with Crippen LogP contribution in [0.4, 0.5) is 0 Å². The van der Waals surface area contributed by atoms with Gasteiger partial charge in [0.05, 0.1) is 6.10 Å². The first kappa shape index (κ1) is 12.8. The third-order valence-corrected chi connectivity index (χ3v) is 5.86. The second kappa shape index (κ2) is 4.55. The van der Waals surface area contributed by atoms with Gasteiger partial charge in [0.2, 0.25) is 0 Å². The summed E-state index contributed by atoms with van der Waals surface area (Å²) in [5, 5.41) is 14.9. The molecule has 1 aromatic heterocycles. The zero-order valence-corrected chi connectivity index (χ0v) is 12.4. The summed E-state index contributed by atoms with van der Waals surface area (Å²) in [6.07, 6.45) is 6.38. The molecule has 110 valence electrons. The molecule has 0 aliphatic heterocycles. The molecule has 4 nitrogen and oxygen atoms in total. The number of aliphatic hydroxyl groups is 1. The van der Waals surface area contributed by atoms with Crippen molar-refractivity contribution in [2.24, 2.45) is 35.5 Å². The van der Waals surface area contributed by atoms with E-state index >= 15 is 0 Å². The Hall–Kier alpha value is -0.900. The Bertz CT molecular complexity index is 482. The highest BCUT2D eigenvalue weighted by Gasteiger charge is 2.66. The van der Waals surface area contributed by atoms with Gasteiger partial charge in [-0.2, -0.15) is 5.10 Å². The van der Waals surface area contributed by atoms with Crippen molar-refractivity contribution < 1.29 is 5.11 Å². The molecule has 3 aliphatic rings. The van der Waals surface area contributed by atoms with Gasteiger partial charge in [0.1, 0.15) is 12.2 Å². The minimum absolute atomic E-state index is 0.205. The minimum Gasteiger partial charge on any atom is -0.392 e. The van der Waals surface area contributed by atoms with E-state index in [0.717, 1.165) is 36.0 Å². The van der Waals surface area contributed by atoms with Crippen LogP contribution in [0.1, 0.15) is 38.9 Å². The lowest BCUT2D eigenvalue weighted by molar-refractivity contribution is 0.125. The van der Waals surface area contributed by atoms with Crippen molar-refractivity contribution >= 4 is 0 Å². The van der Waals surface area contributed by atoms with Crippen LogP contribution in [-0.2, 0) is 13.0 Å². The van der Waals surface area contributed by atoms with Crippen LogP contribution in [0.25, 0.3) is 0 Å². The van der Waals surface area contributed by atoms with Gasteiger partial charge in [-0.3, -0.25) is 0 Å². The molecule has 5 unspecified atom stereocenters. The molecule has 0 saturated heterocycles. The molecular formula is C16H25N3O. The molecule has 4 heteroatoms. The van der Waals surface area contributed by atoms with E-state index in [2.05, 4.69) is 23.9 Å². The number of nitrogens with zero attached hydrogens (tertiary/aromatic N) is 3. The minimum atomic E-state index is -0.205. The number of aromatic nitrogens is 3. The summed E-state index contributed by atoms with van der Waals surface area (Å²) in [5.41, 5.74) is 0. The molecule has 2 bridgehead atoms. The van der Waals surface area contributed by atoms with E-state index < -0.39 is 0 Å². The number of hydrogen-bond acceptors (Lipinski definition) is 3. The molecule has 0 radical (unpaired) electrons. The summed E-state index contributed by atoms with van der Waals surface area (Å²) >= 11 is 0. The lowest BCUT2D eigenvalue weighted by atomic mass is 9.97. The molecule has 3 saturated carbocycles. The van der Waals surface area contributed by atoms with E-state index in [-0.39, 0.29) is 6.10 Å². The molecule has 20 heavy (non-hydrogen) atoms. The van der Waals surface area contributed by atoms with Crippen LogP contribution < -0.4 is 0 Å². The summed E-state index contributed by atoms with van der Waals surface area (Å²) in [6.45, 7) is 5.26. The van der Waals surface area contributed by atoms with Gasteiger partial charge in [-0.15, -0.1) is 0 Å². The summed E-state index contributed by atoms with van der Waals surface area (Å²) in [5.74, 6) is 5.62. The number of fused-ring (bicyclic) bond motifs is 5. The maximum absolute atomic E-state index is 10.6. The summed E-state index contributed by atoms with van der Waals surface area (Å²) in [7, 11) is 0. The summed E-state index contributed by atoms with van der Waals surface area (Å²) in [6, 6.07) is 0. The van der Waals surface area contributed by atoms with E-state index in [1.807, 2.05) is 4.68 Å². The normalized spacial score (nSPS) is 39.3. The zero-order chi connectivity index (χ0) is 13.9. The second-order valence-corrected chi connectivity index (χ2v) is 7.59. The first-order valence-electron chi connectivity index (χ1n) is 8.20. The molecule has 1 heterocycles. The van der Waals surface area contributed by atoms with Crippen molar-refractivity contribution in [1.82, 2.24) is 14.8 Å². The van der Waals surface area contributed by atoms with E-state index in [1.165, 1.54) is 19.3 Å². The second-order valence-electron chi connectivity index (χ2n) is 7.59. The van der Waals surface area contributed by atoms with Crippen LogP contribution in [0.2, 0.25) is 0 Å². The van der Waals surface area contributed by atoms with Gasteiger partial charge < -0.3 is 5.11 Å². The summed E-state index contributed by atoms with van der Waals surface area (Å²) < 4.78 is 1.97. The van der Waals surface area contributed by atoms with Crippen molar-refractivity contribution in [1.29, 1.82) is 0 Å². The van der Waals surface area contributed by atoms with Crippen LogP contribution >= 0.6 is 0 Å². The quantitative estimate of drug-likeness (QED) is 0.895. The molecule has 5 atom stereocenters. The van der Waals surface area contributed by atoms with Crippen LogP contribution in [0.15, 0.2) is 6.33 Å². The lowest BCUT2D eigenvalue weighted by Gasteiger charge is -2.16. The van der Waals surface area contributed by atoms with E-state index in [9.17, 15) is 5.11 Å². The fourth-order valence-electron chi connectivity index (χ4n) is 5.17. The fraction of sp³-hybridized carbons (Fsp3) is 0.875. The van der Waals surface area contributed by atoms with Crippen molar-refractivity contribution in [2.75, 3.05) is 0 Å². The third kappa shape index (κ3) is 1.92. The number of aliphatic hydroxyl groups excluding tert-OH is 1. The highest BCUT2D eigenvalue weighted by molar-refractivity contribution is 5.15. The smallest absolute Gasteiger partial charge is 0.138 e. The molecule has 0 aromatic carbocycles. The Balaban J connectivity index is 1.42. The Kier molecular flexibility index (Phi) is 2.92. The van der Waals surface area contributed by atoms with Gasteiger partial charge in [-0.25, -0.2) is 9.67 Å². The van der Waals surface area contributed by atoms with Gasteiger partial charge >= 0.3 is 0 Å². The van der Waals surface area contributed by atoms with Crippen molar-refractivity contribution in [3.8, 4) is 0 Å². The van der Waals surface area contributed by atoms with Gasteiger partial charge in [0.15, 0.2) is 0 Å². The SMILES string of the molecule is CC(C)Cn1ncnc1CC(O)C1C2C3CCC(C3)C12.